The molecule has 0 amide bonds. The minimum atomic E-state index is 0.394. The molecule has 0 fully saturated rings. The molecule has 1 aliphatic heterocycles. The summed E-state index contributed by atoms with van der Waals surface area (Å²) in [4.78, 5) is 4.85. The lowest BCUT2D eigenvalue weighted by molar-refractivity contribution is 0.415. The molecule has 0 saturated heterocycles. The van der Waals surface area contributed by atoms with E-state index < -0.39 is 0 Å². The summed E-state index contributed by atoms with van der Waals surface area (Å²) in [6, 6.07) is 14.6. The van der Waals surface area contributed by atoms with Crippen LogP contribution in [0.5, 0.6) is 5.75 Å². The maximum atomic E-state index is 5.30. The molecule has 2 aromatic carbocycles. The number of para-hydroxylation sites is 1. The van der Waals surface area contributed by atoms with E-state index in [1.807, 2.05) is 12.1 Å². The molecular formula is C17H16N2OS. The van der Waals surface area contributed by atoms with Gasteiger partial charge in [-0.3, -0.25) is 0 Å². The smallest absolute Gasteiger partial charge is 0.120 e. The molecule has 4 rings (SSSR count). The average molecular weight is 296 g/mol. The van der Waals surface area contributed by atoms with Crippen LogP contribution < -0.4 is 10.1 Å². The Bertz CT molecular complexity index is 796. The Kier molecular flexibility index (Phi) is 3.04. The zero-order chi connectivity index (χ0) is 14.2. The Morgan fingerprint density at radius 1 is 1.24 bits per heavy atom. The Labute approximate surface area is 127 Å². The van der Waals surface area contributed by atoms with Gasteiger partial charge in [0.25, 0.3) is 0 Å². The molecule has 1 aromatic heterocycles. The van der Waals surface area contributed by atoms with E-state index in [2.05, 4.69) is 35.6 Å². The number of rotatable bonds is 2. The molecule has 3 aromatic rings. The number of nitrogens with one attached hydrogen (secondary N) is 1. The molecule has 0 aliphatic carbocycles. The lowest BCUT2D eigenvalue weighted by atomic mass is 9.91. The highest BCUT2D eigenvalue weighted by Crippen LogP contribution is 2.39. The molecule has 4 heteroatoms. The van der Waals surface area contributed by atoms with Crippen molar-refractivity contribution < 1.29 is 4.74 Å². The van der Waals surface area contributed by atoms with Crippen LogP contribution in [0, 0.1) is 0 Å². The van der Waals surface area contributed by atoms with Crippen molar-refractivity contribution in [2.24, 2.45) is 0 Å². The summed E-state index contributed by atoms with van der Waals surface area (Å²) < 4.78 is 6.50. The summed E-state index contributed by atoms with van der Waals surface area (Å²) in [7, 11) is 1.70. The highest BCUT2D eigenvalue weighted by atomic mass is 32.1. The molecule has 21 heavy (non-hydrogen) atoms. The van der Waals surface area contributed by atoms with Gasteiger partial charge in [-0.1, -0.05) is 18.2 Å². The highest BCUT2D eigenvalue weighted by Gasteiger charge is 2.24. The molecular weight excluding hydrogens is 280 g/mol. The fraction of sp³-hybridized carbons (Fsp3) is 0.235. The number of anilines is 1. The number of hydrogen-bond acceptors (Lipinski definition) is 4. The van der Waals surface area contributed by atoms with Gasteiger partial charge in [-0.15, -0.1) is 11.3 Å². The molecule has 1 aliphatic rings. The van der Waals surface area contributed by atoms with Crippen molar-refractivity contribution in [2.75, 3.05) is 19.0 Å². The van der Waals surface area contributed by atoms with Gasteiger partial charge in [-0.05, 0) is 36.2 Å². The zero-order valence-electron chi connectivity index (χ0n) is 11.8. The third-order valence-corrected chi connectivity index (χ3v) is 5.13. The third kappa shape index (κ3) is 2.16. The van der Waals surface area contributed by atoms with Crippen LogP contribution in [0.25, 0.3) is 10.2 Å². The van der Waals surface area contributed by atoms with Crippen LogP contribution in [-0.4, -0.2) is 18.6 Å². The molecule has 2 heterocycles. The number of fused-ring (bicyclic) bond motifs is 2. The SMILES string of the molecule is COc1ccc2nc(C3CCNc4ccccc43)sc2c1. The second-order valence-corrected chi connectivity index (χ2v) is 6.30. The van der Waals surface area contributed by atoms with Crippen molar-refractivity contribution in [3.05, 3.63) is 53.0 Å². The molecule has 106 valence electrons. The van der Waals surface area contributed by atoms with Crippen molar-refractivity contribution in [3.8, 4) is 5.75 Å². The van der Waals surface area contributed by atoms with Crippen molar-refractivity contribution in [1.82, 2.24) is 4.98 Å². The van der Waals surface area contributed by atoms with E-state index in [0.29, 0.717) is 5.92 Å². The van der Waals surface area contributed by atoms with Gasteiger partial charge in [-0.25, -0.2) is 4.98 Å². The first-order chi connectivity index (χ1) is 10.3. The molecule has 0 saturated carbocycles. The first kappa shape index (κ1) is 12.7. The molecule has 1 N–H and O–H groups in total. The number of aromatic nitrogens is 1. The number of ether oxygens (including phenoxy) is 1. The molecule has 1 atom stereocenters. The number of methoxy groups -OCH3 is 1. The second-order valence-electron chi connectivity index (χ2n) is 5.24. The van der Waals surface area contributed by atoms with Crippen molar-refractivity contribution >= 4 is 27.2 Å². The normalized spacial score (nSPS) is 17.3. The predicted octanol–water partition coefficient (Wildman–Crippen LogP) is 4.25. The Morgan fingerprint density at radius 2 is 2.14 bits per heavy atom. The Hall–Kier alpha value is -2.07. The van der Waals surface area contributed by atoms with Gasteiger partial charge in [0.1, 0.15) is 10.8 Å². The standard InChI is InChI=1S/C17H16N2OS/c1-20-11-6-7-15-16(10-11)21-17(19-15)13-8-9-18-14-5-3-2-4-12(13)14/h2-7,10,13,18H,8-9H2,1H3. The number of benzene rings is 2. The number of nitrogens with zero attached hydrogens (tertiary/aromatic N) is 1. The Balaban J connectivity index is 1.80. The van der Waals surface area contributed by atoms with Crippen LogP contribution in [-0.2, 0) is 0 Å². The highest BCUT2D eigenvalue weighted by molar-refractivity contribution is 7.18. The summed E-state index contributed by atoms with van der Waals surface area (Å²) in [6.45, 7) is 1.00. The average Bonchev–Trinajstić information content (AvgIpc) is 2.97. The fourth-order valence-electron chi connectivity index (χ4n) is 2.92. The van der Waals surface area contributed by atoms with Crippen LogP contribution in [0.3, 0.4) is 0 Å². The topological polar surface area (TPSA) is 34.1 Å². The lowest BCUT2D eigenvalue weighted by Crippen LogP contribution is -2.17. The van der Waals surface area contributed by atoms with Crippen LogP contribution in [0.2, 0.25) is 0 Å². The summed E-state index contributed by atoms with van der Waals surface area (Å²) in [5, 5.41) is 4.67. The molecule has 0 bridgehead atoms. The van der Waals surface area contributed by atoms with Gasteiger partial charge in [0, 0.05) is 18.2 Å². The lowest BCUT2D eigenvalue weighted by Gasteiger charge is -2.25. The van der Waals surface area contributed by atoms with Gasteiger partial charge in [0.15, 0.2) is 0 Å². The fourth-order valence-corrected chi connectivity index (χ4v) is 4.07. The first-order valence-corrected chi connectivity index (χ1v) is 7.94. The first-order valence-electron chi connectivity index (χ1n) is 7.12. The monoisotopic (exact) mass is 296 g/mol. The zero-order valence-corrected chi connectivity index (χ0v) is 12.6. The van der Waals surface area contributed by atoms with E-state index in [1.165, 1.54) is 21.0 Å². The van der Waals surface area contributed by atoms with E-state index in [1.54, 1.807) is 18.4 Å². The molecule has 3 nitrogen and oxygen atoms in total. The van der Waals surface area contributed by atoms with Crippen molar-refractivity contribution in [3.63, 3.8) is 0 Å². The maximum absolute atomic E-state index is 5.30. The van der Waals surface area contributed by atoms with Crippen LogP contribution >= 0.6 is 11.3 Å². The summed E-state index contributed by atoms with van der Waals surface area (Å²) in [6.07, 6.45) is 1.09. The van der Waals surface area contributed by atoms with Crippen LogP contribution in [0.15, 0.2) is 42.5 Å². The molecule has 1 unspecified atom stereocenters. The molecule has 0 spiro atoms. The van der Waals surface area contributed by atoms with Crippen LogP contribution in [0.1, 0.15) is 22.9 Å². The van der Waals surface area contributed by atoms with Gasteiger partial charge in [-0.2, -0.15) is 0 Å². The van der Waals surface area contributed by atoms with Gasteiger partial charge < -0.3 is 10.1 Å². The quantitative estimate of drug-likeness (QED) is 0.767. The largest absolute Gasteiger partial charge is 0.497 e. The second kappa shape index (κ2) is 5.04. The van der Waals surface area contributed by atoms with Gasteiger partial charge in [0.05, 0.1) is 17.3 Å². The minimum Gasteiger partial charge on any atom is -0.497 e. The van der Waals surface area contributed by atoms with E-state index in [4.69, 9.17) is 9.72 Å². The predicted molar refractivity (Wildman–Crippen MR) is 87.6 cm³/mol. The van der Waals surface area contributed by atoms with E-state index >= 15 is 0 Å². The van der Waals surface area contributed by atoms with Gasteiger partial charge in [0.2, 0.25) is 0 Å². The summed E-state index contributed by atoms with van der Waals surface area (Å²) >= 11 is 1.78. The Morgan fingerprint density at radius 3 is 3.05 bits per heavy atom. The number of thiazole rings is 1. The third-order valence-electron chi connectivity index (χ3n) is 3.99. The van der Waals surface area contributed by atoms with E-state index in [0.717, 1.165) is 24.2 Å². The van der Waals surface area contributed by atoms with Crippen molar-refractivity contribution in [1.29, 1.82) is 0 Å². The van der Waals surface area contributed by atoms with E-state index in [9.17, 15) is 0 Å². The van der Waals surface area contributed by atoms with E-state index in [-0.39, 0.29) is 0 Å². The van der Waals surface area contributed by atoms with Crippen LogP contribution in [0.4, 0.5) is 5.69 Å². The maximum Gasteiger partial charge on any atom is 0.120 e. The molecule has 0 radical (unpaired) electrons. The van der Waals surface area contributed by atoms with Gasteiger partial charge >= 0.3 is 0 Å². The van der Waals surface area contributed by atoms with Crippen molar-refractivity contribution in [2.45, 2.75) is 12.3 Å². The summed E-state index contributed by atoms with van der Waals surface area (Å²) in [5.74, 6) is 1.29. The summed E-state index contributed by atoms with van der Waals surface area (Å²) in [5.41, 5.74) is 3.66. The minimum absolute atomic E-state index is 0.394. The number of hydrogen-bond donors (Lipinski definition) is 1.